The largest absolute Gasteiger partial charge is 0.481 e. The van der Waals surface area contributed by atoms with Crippen molar-refractivity contribution in [3.63, 3.8) is 0 Å². The fraction of sp³-hybridized carbons (Fsp3) is 0.804. The van der Waals surface area contributed by atoms with Crippen LogP contribution in [-0.4, -0.2) is 100 Å². The molecule has 1 aromatic carbocycles. The van der Waals surface area contributed by atoms with E-state index in [4.69, 9.17) is 14.2 Å². The Hall–Kier alpha value is -1.93. The normalized spacial score (nSPS) is 48.2. The number of rotatable bonds is 11. The summed E-state index contributed by atoms with van der Waals surface area (Å²) in [6.45, 7) is 14.5. The van der Waals surface area contributed by atoms with Crippen LogP contribution in [0.1, 0.15) is 110 Å². The van der Waals surface area contributed by atoms with E-state index in [0.717, 1.165) is 43.4 Å². The van der Waals surface area contributed by atoms with Crippen molar-refractivity contribution in [2.24, 2.45) is 56.2 Å². The summed E-state index contributed by atoms with van der Waals surface area (Å²) >= 11 is 0. The number of nitrogens with one attached hydrogen (secondary N) is 1. The van der Waals surface area contributed by atoms with Crippen molar-refractivity contribution in [1.82, 2.24) is 5.32 Å². The number of hydrogen-bond acceptors (Lipinski definition) is 10. The number of aliphatic hydroxyl groups excluding tert-OH is 5. The second kappa shape index (κ2) is 15.5. The third-order valence-electron chi connectivity index (χ3n) is 17.7. The highest BCUT2D eigenvalue weighted by Crippen LogP contribution is 2.77. The number of allylic oxidation sites excluding steroid dienone is 2. The van der Waals surface area contributed by atoms with Gasteiger partial charge in [-0.25, -0.2) is 0 Å². The average molecular weight is 798 g/mol. The number of aliphatic carboxylic acids is 1. The van der Waals surface area contributed by atoms with E-state index in [1.54, 1.807) is 0 Å². The van der Waals surface area contributed by atoms with Crippen LogP contribution in [0.2, 0.25) is 0 Å². The van der Waals surface area contributed by atoms with E-state index in [-0.39, 0.29) is 65.2 Å². The molecule has 0 bridgehead atoms. The van der Waals surface area contributed by atoms with Crippen molar-refractivity contribution in [2.75, 3.05) is 26.9 Å². The number of carboxylic acids is 1. The smallest absolute Gasteiger partial charge is 0.310 e. The average Bonchev–Trinajstić information content (AvgIpc) is 3.18. The van der Waals surface area contributed by atoms with Gasteiger partial charge in [-0.3, -0.25) is 4.79 Å². The minimum atomic E-state index is -1.48. The maximum absolute atomic E-state index is 13.4. The molecule has 57 heavy (non-hydrogen) atoms. The molecule has 320 valence electrons. The van der Waals surface area contributed by atoms with E-state index < -0.39 is 53.6 Å². The summed E-state index contributed by atoms with van der Waals surface area (Å²) in [6, 6.07) is 8.30. The van der Waals surface area contributed by atoms with Gasteiger partial charge in [0, 0.05) is 18.6 Å². The lowest BCUT2D eigenvalue weighted by molar-refractivity contribution is -0.333. The second-order valence-corrected chi connectivity index (χ2v) is 20.5. The molecule has 6 aliphatic rings. The van der Waals surface area contributed by atoms with Gasteiger partial charge in [0.15, 0.2) is 6.29 Å². The topological polar surface area (TPSA) is 178 Å². The molecule has 7 N–H and O–H groups in total. The van der Waals surface area contributed by atoms with Crippen LogP contribution >= 0.6 is 0 Å². The van der Waals surface area contributed by atoms with Gasteiger partial charge in [-0.15, -0.1) is 0 Å². The number of carboxylic acid groups (broad SMARTS) is 1. The quantitative estimate of drug-likeness (QED) is 0.116. The van der Waals surface area contributed by atoms with Crippen LogP contribution in [-0.2, 0) is 32.2 Å². The van der Waals surface area contributed by atoms with E-state index in [9.17, 15) is 35.4 Å². The first-order valence-electron chi connectivity index (χ1n) is 21.7. The number of fused-ring (bicyclic) bond motifs is 7. The predicted octanol–water partition coefficient (Wildman–Crippen LogP) is 5.19. The van der Waals surface area contributed by atoms with Crippen LogP contribution in [0.15, 0.2) is 35.9 Å². The van der Waals surface area contributed by atoms with Gasteiger partial charge in [-0.1, -0.05) is 83.9 Å². The van der Waals surface area contributed by atoms with Crippen molar-refractivity contribution in [2.45, 2.75) is 149 Å². The molecule has 7 rings (SSSR count). The minimum Gasteiger partial charge on any atom is -0.481 e. The molecule has 1 aromatic rings. The van der Waals surface area contributed by atoms with Crippen molar-refractivity contribution in [1.29, 1.82) is 0 Å². The van der Waals surface area contributed by atoms with E-state index >= 15 is 0 Å². The van der Waals surface area contributed by atoms with Crippen molar-refractivity contribution >= 4 is 5.97 Å². The SMILES string of the molecule is CC[C@H]1C[C@@]2(C(=O)O)CC[C@](C)(CO)C[C@H]2C2=CC[C@@H]3[C@@]4(C)C[C@@H](OCc5ccc(CNC)cc5)[C@@H](O[C@@H]5OC[C@@H](O)[C@H](O)[C@H]5O)[C@@](C)(CO)[C@H]4CC[C@@]3(C)[C@@]21C. The molecule has 5 fully saturated rings. The number of aliphatic hydroxyl groups is 5. The van der Waals surface area contributed by atoms with Gasteiger partial charge in [0.05, 0.1) is 37.4 Å². The lowest BCUT2D eigenvalue weighted by atomic mass is 9.31. The third kappa shape index (κ3) is 6.60. The van der Waals surface area contributed by atoms with E-state index in [1.165, 1.54) is 5.57 Å². The van der Waals surface area contributed by atoms with Crippen LogP contribution < -0.4 is 5.32 Å². The molecular formula is C46H71NO10. The fourth-order valence-corrected chi connectivity index (χ4v) is 14.2. The summed E-state index contributed by atoms with van der Waals surface area (Å²) < 4.78 is 19.5. The number of hydrogen-bond donors (Lipinski definition) is 7. The lowest BCUT2D eigenvalue weighted by Crippen LogP contribution is -2.70. The zero-order chi connectivity index (χ0) is 41.3. The van der Waals surface area contributed by atoms with Crippen molar-refractivity contribution in [3.05, 3.63) is 47.0 Å². The van der Waals surface area contributed by atoms with Crippen LogP contribution in [0.3, 0.4) is 0 Å². The summed E-state index contributed by atoms with van der Waals surface area (Å²) in [6.07, 6.45) is 2.43. The van der Waals surface area contributed by atoms with Gasteiger partial charge in [0.25, 0.3) is 0 Å². The number of carbonyl (C=O) groups is 1. The Morgan fingerprint density at radius 2 is 1.61 bits per heavy atom. The zero-order valence-corrected chi connectivity index (χ0v) is 35.4. The van der Waals surface area contributed by atoms with E-state index in [0.29, 0.717) is 38.7 Å². The molecule has 1 heterocycles. The molecule has 0 amide bonds. The second-order valence-electron chi connectivity index (χ2n) is 20.5. The van der Waals surface area contributed by atoms with Gasteiger partial charge in [0.1, 0.15) is 18.3 Å². The van der Waals surface area contributed by atoms with Crippen molar-refractivity contribution < 1.29 is 49.6 Å². The molecule has 16 atom stereocenters. The van der Waals surface area contributed by atoms with Gasteiger partial charge in [-0.2, -0.15) is 0 Å². The summed E-state index contributed by atoms with van der Waals surface area (Å²) in [5, 5.41) is 68.3. The molecule has 1 aliphatic heterocycles. The summed E-state index contributed by atoms with van der Waals surface area (Å²) in [5.41, 5.74) is 0.671. The zero-order valence-electron chi connectivity index (χ0n) is 35.4. The highest BCUT2D eigenvalue weighted by Gasteiger charge is 2.73. The van der Waals surface area contributed by atoms with Gasteiger partial charge in [-0.05, 0) is 115 Å². The first kappa shape index (κ1) is 43.2. The summed E-state index contributed by atoms with van der Waals surface area (Å²) in [4.78, 5) is 13.4. The van der Waals surface area contributed by atoms with Crippen LogP contribution in [0, 0.1) is 56.2 Å². The molecule has 11 nitrogen and oxygen atoms in total. The highest BCUT2D eigenvalue weighted by molar-refractivity contribution is 5.77. The molecule has 4 saturated carbocycles. The molecule has 5 aliphatic carbocycles. The minimum absolute atomic E-state index is 0.00249. The van der Waals surface area contributed by atoms with Crippen LogP contribution in [0.5, 0.6) is 0 Å². The predicted molar refractivity (Wildman–Crippen MR) is 214 cm³/mol. The highest BCUT2D eigenvalue weighted by atomic mass is 16.7. The number of benzene rings is 1. The molecule has 11 heteroatoms. The van der Waals surface area contributed by atoms with Gasteiger partial charge < -0.3 is 50.2 Å². The Morgan fingerprint density at radius 3 is 2.25 bits per heavy atom. The molecular weight excluding hydrogens is 727 g/mol. The lowest BCUT2D eigenvalue weighted by Gasteiger charge is -2.73. The standard InChI is InChI=1S/C46H71NO10/c1-8-29-19-46(40(53)54)18-17-41(2,25-48)20-31(46)30-13-14-35-42(3)21-33(55-23-28-11-9-27(10-12-28)22-47-7)38(57-39-37(52)36(51)32(50)24-56-39)43(4,26-49)34(42)15-16-44(35,5)45(29,30)6/h9-13,29,31-39,47-52H,8,14-26H2,1-7H3,(H,53,54)/t29-,31-,32+,33+,34-,35+,36-,37+,38+,39-,41-,42-,43-,44+,45+,46-/m0/s1. The van der Waals surface area contributed by atoms with Crippen LogP contribution in [0.25, 0.3) is 0 Å². The Labute approximate surface area is 339 Å². The van der Waals surface area contributed by atoms with Gasteiger partial charge >= 0.3 is 5.97 Å². The van der Waals surface area contributed by atoms with Gasteiger partial charge in [0.2, 0.25) is 0 Å². The van der Waals surface area contributed by atoms with Crippen molar-refractivity contribution in [3.8, 4) is 0 Å². The molecule has 0 spiro atoms. The van der Waals surface area contributed by atoms with E-state index in [1.807, 2.05) is 7.05 Å². The monoisotopic (exact) mass is 798 g/mol. The summed E-state index contributed by atoms with van der Waals surface area (Å²) in [5.74, 6) is -0.488. The molecule has 0 aromatic heterocycles. The molecule has 1 saturated heterocycles. The Bertz CT molecular complexity index is 1660. The fourth-order valence-electron chi connectivity index (χ4n) is 14.2. The Balaban J connectivity index is 1.29. The first-order valence-corrected chi connectivity index (χ1v) is 21.7. The summed E-state index contributed by atoms with van der Waals surface area (Å²) in [7, 11) is 1.92. The van der Waals surface area contributed by atoms with Crippen LogP contribution in [0.4, 0.5) is 0 Å². The molecule has 0 radical (unpaired) electrons. The Morgan fingerprint density at radius 1 is 0.912 bits per heavy atom. The molecule has 0 unspecified atom stereocenters. The number of ether oxygens (including phenoxy) is 3. The maximum Gasteiger partial charge on any atom is 0.310 e. The maximum atomic E-state index is 13.4. The third-order valence-corrected chi connectivity index (χ3v) is 17.7. The van der Waals surface area contributed by atoms with E-state index in [2.05, 4.69) is 77.2 Å². The Kier molecular flexibility index (Phi) is 11.8. The first-order chi connectivity index (χ1) is 26.9.